The summed E-state index contributed by atoms with van der Waals surface area (Å²) in [6.07, 6.45) is 3.45. The lowest BCUT2D eigenvalue weighted by molar-refractivity contribution is -0.138. The van der Waals surface area contributed by atoms with E-state index in [2.05, 4.69) is 20.8 Å². The molecule has 2 amide bonds. The van der Waals surface area contributed by atoms with Crippen molar-refractivity contribution < 1.29 is 18.0 Å². The summed E-state index contributed by atoms with van der Waals surface area (Å²) in [6.45, 7) is 8.61. The number of nitrogens with zero attached hydrogens (tertiary/aromatic N) is 3. The smallest absolute Gasteiger partial charge is 0.243 e. The molecule has 0 radical (unpaired) electrons. The number of carbonyl (C=O) groups excluding carboxylic acids is 2. The van der Waals surface area contributed by atoms with Gasteiger partial charge in [-0.1, -0.05) is 39.0 Å². The molecule has 0 bridgehead atoms. The average Bonchev–Trinajstić information content (AvgIpc) is 3.19. The minimum Gasteiger partial charge on any atom is -0.340 e. The first kappa shape index (κ1) is 23.7. The summed E-state index contributed by atoms with van der Waals surface area (Å²) >= 11 is 0. The van der Waals surface area contributed by atoms with Crippen LogP contribution in [0.5, 0.6) is 0 Å². The lowest BCUT2D eigenvalue weighted by Crippen LogP contribution is -2.50. The fraction of sp³-hybridized carbons (Fsp3) is 0.652. The molecule has 1 atom stereocenters. The van der Waals surface area contributed by atoms with E-state index in [1.165, 1.54) is 4.31 Å². The van der Waals surface area contributed by atoms with E-state index in [4.69, 9.17) is 0 Å². The summed E-state index contributed by atoms with van der Waals surface area (Å²) in [7, 11) is -3.53. The van der Waals surface area contributed by atoms with E-state index >= 15 is 0 Å². The average molecular weight is 450 g/mol. The number of hydrogen-bond donors (Lipinski definition) is 0. The quantitative estimate of drug-likeness (QED) is 0.669. The zero-order valence-corrected chi connectivity index (χ0v) is 19.7. The third kappa shape index (κ3) is 6.07. The molecular weight excluding hydrogens is 414 g/mol. The van der Waals surface area contributed by atoms with E-state index in [0.29, 0.717) is 13.1 Å². The Labute approximate surface area is 186 Å². The van der Waals surface area contributed by atoms with Crippen molar-refractivity contribution in [1.82, 2.24) is 14.1 Å². The molecule has 2 saturated heterocycles. The highest BCUT2D eigenvalue weighted by Gasteiger charge is 2.33. The normalized spacial score (nSPS) is 20.8. The highest BCUT2D eigenvalue weighted by Crippen LogP contribution is 2.30. The van der Waals surface area contributed by atoms with E-state index in [1.807, 2.05) is 4.90 Å². The molecule has 172 valence electrons. The molecular formula is C23H35N3O4S. The van der Waals surface area contributed by atoms with Crippen LogP contribution in [0.3, 0.4) is 0 Å². The first-order chi connectivity index (χ1) is 14.6. The first-order valence-corrected chi connectivity index (χ1v) is 12.6. The number of likely N-dealkylation sites (tertiary alicyclic amines) is 1. The molecule has 2 aliphatic heterocycles. The van der Waals surface area contributed by atoms with E-state index in [0.717, 1.165) is 25.8 Å². The van der Waals surface area contributed by atoms with Crippen LogP contribution >= 0.6 is 0 Å². The Morgan fingerprint density at radius 1 is 0.935 bits per heavy atom. The van der Waals surface area contributed by atoms with E-state index in [1.54, 1.807) is 35.2 Å². The zero-order chi connectivity index (χ0) is 22.6. The van der Waals surface area contributed by atoms with Crippen molar-refractivity contribution >= 4 is 21.8 Å². The van der Waals surface area contributed by atoms with Crippen LogP contribution in [0.1, 0.15) is 52.9 Å². The van der Waals surface area contributed by atoms with Crippen LogP contribution in [0.25, 0.3) is 0 Å². The van der Waals surface area contributed by atoms with Gasteiger partial charge < -0.3 is 9.80 Å². The van der Waals surface area contributed by atoms with Crippen molar-refractivity contribution in [3.8, 4) is 0 Å². The Kier molecular flexibility index (Phi) is 7.42. The van der Waals surface area contributed by atoms with Crippen LogP contribution in [-0.4, -0.2) is 73.1 Å². The fourth-order valence-corrected chi connectivity index (χ4v) is 5.96. The van der Waals surface area contributed by atoms with Crippen LogP contribution < -0.4 is 0 Å². The molecule has 2 aliphatic rings. The lowest BCUT2D eigenvalue weighted by Gasteiger charge is -2.34. The van der Waals surface area contributed by atoms with Crippen LogP contribution in [0.15, 0.2) is 35.2 Å². The van der Waals surface area contributed by atoms with Crippen molar-refractivity contribution in [3.05, 3.63) is 30.3 Å². The van der Waals surface area contributed by atoms with Gasteiger partial charge in [-0.25, -0.2) is 8.42 Å². The second kappa shape index (κ2) is 9.69. The molecule has 0 aliphatic carbocycles. The predicted molar refractivity (Wildman–Crippen MR) is 120 cm³/mol. The molecule has 3 rings (SSSR count). The Hall–Kier alpha value is -1.93. The van der Waals surface area contributed by atoms with Gasteiger partial charge >= 0.3 is 0 Å². The maximum absolute atomic E-state index is 12.7. The van der Waals surface area contributed by atoms with Crippen molar-refractivity contribution in [2.24, 2.45) is 5.41 Å². The molecule has 0 aromatic heterocycles. The number of rotatable bonds is 6. The van der Waals surface area contributed by atoms with Crippen LogP contribution in [-0.2, 0) is 19.6 Å². The summed E-state index contributed by atoms with van der Waals surface area (Å²) in [4.78, 5) is 29.3. The largest absolute Gasteiger partial charge is 0.340 e. The van der Waals surface area contributed by atoms with E-state index < -0.39 is 10.0 Å². The third-order valence-electron chi connectivity index (χ3n) is 6.07. The summed E-state index contributed by atoms with van der Waals surface area (Å²) in [5.74, 6) is -0.0120. The van der Waals surface area contributed by atoms with Crippen LogP contribution in [0, 0.1) is 5.41 Å². The van der Waals surface area contributed by atoms with Gasteiger partial charge in [0.1, 0.15) is 0 Å². The van der Waals surface area contributed by atoms with Gasteiger partial charge in [0.25, 0.3) is 0 Å². The number of hydrogen-bond acceptors (Lipinski definition) is 4. The molecule has 7 nitrogen and oxygen atoms in total. The summed E-state index contributed by atoms with van der Waals surface area (Å²) in [5, 5.41) is 0. The maximum atomic E-state index is 12.7. The fourth-order valence-electron chi connectivity index (χ4n) is 4.52. The molecule has 8 heteroatoms. The van der Waals surface area contributed by atoms with Crippen molar-refractivity contribution in [3.63, 3.8) is 0 Å². The number of sulfonamides is 1. The van der Waals surface area contributed by atoms with E-state index in [-0.39, 0.29) is 54.1 Å². The molecule has 0 N–H and O–H groups in total. The first-order valence-electron chi connectivity index (χ1n) is 11.2. The van der Waals surface area contributed by atoms with Gasteiger partial charge in [-0.05, 0) is 36.8 Å². The van der Waals surface area contributed by atoms with Crippen molar-refractivity contribution in [2.75, 3.05) is 32.7 Å². The molecule has 31 heavy (non-hydrogen) atoms. The Morgan fingerprint density at radius 2 is 1.55 bits per heavy atom. The van der Waals surface area contributed by atoms with Gasteiger partial charge in [-0.2, -0.15) is 4.31 Å². The minimum atomic E-state index is -3.53. The van der Waals surface area contributed by atoms with E-state index in [9.17, 15) is 18.0 Å². The van der Waals surface area contributed by atoms with Gasteiger partial charge in [0.05, 0.1) is 4.90 Å². The van der Waals surface area contributed by atoms with Gasteiger partial charge in [-0.15, -0.1) is 0 Å². The molecule has 1 aromatic rings. The standard InChI is InChI=1S/C23H35N3O4S/c1-23(2,3)18-19-8-7-13-26(19)22(28)12-11-21(27)24-14-16-25(17-15-24)31(29,30)20-9-5-4-6-10-20/h4-6,9-10,19H,7-8,11-18H2,1-3H3. The molecule has 0 spiro atoms. The number of carbonyl (C=O) groups is 2. The lowest BCUT2D eigenvalue weighted by atomic mass is 9.87. The summed E-state index contributed by atoms with van der Waals surface area (Å²) < 4.78 is 26.9. The zero-order valence-electron chi connectivity index (χ0n) is 18.9. The highest BCUT2D eigenvalue weighted by atomic mass is 32.2. The molecule has 1 unspecified atom stereocenters. The monoisotopic (exact) mass is 449 g/mol. The Balaban J connectivity index is 1.47. The minimum absolute atomic E-state index is 0.0605. The van der Waals surface area contributed by atoms with Gasteiger partial charge in [0.15, 0.2) is 0 Å². The predicted octanol–water partition coefficient (Wildman–Crippen LogP) is 2.73. The summed E-state index contributed by atoms with van der Waals surface area (Å²) in [5.41, 5.74) is 0.170. The van der Waals surface area contributed by atoms with Crippen LogP contribution in [0.2, 0.25) is 0 Å². The van der Waals surface area contributed by atoms with Crippen LogP contribution in [0.4, 0.5) is 0 Å². The molecule has 2 heterocycles. The molecule has 2 fully saturated rings. The highest BCUT2D eigenvalue weighted by molar-refractivity contribution is 7.89. The second-order valence-electron chi connectivity index (χ2n) is 9.75. The molecule has 0 saturated carbocycles. The Bertz CT molecular complexity index is 872. The second-order valence-corrected chi connectivity index (χ2v) is 11.7. The van der Waals surface area contributed by atoms with Gasteiger partial charge in [0.2, 0.25) is 21.8 Å². The van der Waals surface area contributed by atoms with Gasteiger partial charge in [0, 0.05) is 51.6 Å². The maximum Gasteiger partial charge on any atom is 0.243 e. The number of benzene rings is 1. The van der Waals surface area contributed by atoms with Crippen molar-refractivity contribution in [1.29, 1.82) is 0 Å². The van der Waals surface area contributed by atoms with Crippen molar-refractivity contribution in [2.45, 2.75) is 63.8 Å². The third-order valence-corrected chi connectivity index (χ3v) is 7.98. The number of piperazine rings is 1. The summed E-state index contributed by atoms with van der Waals surface area (Å²) in [6, 6.07) is 8.64. The topological polar surface area (TPSA) is 78.0 Å². The number of amides is 2. The SMILES string of the molecule is CC(C)(C)CC1CCCN1C(=O)CCC(=O)N1CCN(S(=O)(=O)c2ccccc2)CC1. The molecule has 1 aromatic carbocycles. The van der Waals surface area contributed by atoms with Gasteiger partial charge in [-0.3, -0.25) is 9.59 Å². The Morgan fingerprint density at radius 3 is 2.16 bits per heavy atom.